The largest absolute Gasteiger partial charge is 0.0651 e. The van der Waals surface area contributed by atoms with Gasteiger partial charge in [-0.1, -0.05) is 103 Å². The third-order valence-corrected chi connectivity index (χ3v) is 15.6. The van der Waals surface area contributed by atoms with Crippen molar-refractivity contribution in [2.75, 3.05) is 0 Å². The van der Waals surface area contributed by atoms with Crippen molar-refractivity contribution in [2.24, 2.45) is 98.1 Å². The molecule has 0 bridgehead atoms. The molecule has 5 aliphatic rings. The lowest BCUT2D eigenvalue weighted by Gasteiger charge is -2.82. The number of hydrogen-bond donors (Lipinski definition) is 0. The van der Waals surface area contributed by atoms with Crippen LogP contribution in [0.4, 0.5) is 0 Å². The van der Waals surface area contributed by atoms with Gasteiger partial charge in [-0.25, -0.2) is 0 Å². The molecule has 0 heterocycles. The van der Waals surface area contributed by atoms with Crippen LogP contribution in [0.25, 0.3) is 0 Å². The number of rotatable bonds is 1. The van der Waals surface area contributed by atoms with Crippen LogP contribution in [0.15, 0.2) is 0 Å². The van der Waals surface area contributed by atoms with Crippen LogP contribution in [0.1, 0.15) is 103 Å². The van der Waals surface area contributed by atoms with Crippen molar-refractivity contribution in [2.45, 2.75) is 103 Å². The van der Waals surface area contributed by atoms with Gasteiger partial charge in [0.05, 0.1) is 0 Å². The summed E-state index contributed by atoms with van der Waals surface area (Å²) in [5, 5.41) is 0. The van der Waals surface area contributed by atoms with Crippen molar-refractivity contribution in [1.82, 2.24) is 0 Å². The second-order valence-corrected chi connectivity index (χ2v) is 16.1. The van der Waals surface area contributed by atoms with Crippen molar-refractivity contribution in [1.29, 1.82) is 0 Å². The lowest BCUT2D eigenvalue weighted by molar-refractivity contribution is -0.348. The predicted octanol–water partition coefficient (Wildman–Crippen LogP) is 9.05. The molecule has 0 nitrogen and oxygen atoms in total. The monoisotopic (exact) mass is 440 g/mol. The van der Waals surface area contributed by atoms with Crippen LogP contribution in [0.3, 0.4) is 0 Å². The maximum Gasteiger partial charge on any atom is -0.0122 e. The van der Waals surface area contributed by atoms with Gasteiger partial charge in [-0.2, -0.15) is 0 Å². The van der Waals surface area contributed by atoms with Crippen molar-refractivity contribution >= 4 is 0 Å². The first kappa shape index (κ1) is 23.7. The minimum absolute atomic E-state index is 0.403. The lowest BCUT2D eigenvalue weighted by Crippen LogP contribution is -2.77. The molecule has 32 heavy (non-hydrogen) atoms. The van der Waals surface area contributed by atoms with Gasteiger partial charge in [0.25, 0.3) is 0 Å². The highest BCUT2D eigenvalue weighted by atomic mass is 14.9. The molecule has 14 atom stereocenters. The molecule has 0 aromatic carbocycles. The van der Waals surface area contributed by atoms with Crippen molar-refractivity contribution < 1.29 is 0 Å². The van der Waals surface area contributed by atoms with E-state index in [-0.39, 0.29) is 0 Å². The van der Waals surface area contributed by atoms with Crippen LogP contribution in [0.5, 0.6) is 0 Å². The van der Waals surface area contributed by atoms with E-state index < -0.39 is 0 Å². The van der Waals surface area contributed by atoms with Gasteiger partial charge in [0, 0.05) is 0 Å². The Morgan fingerprint density at radius 1 is 0.531 bits per heavy atom. The minimum Gasteiger partial charge on any atom is -0.0651 e. The Kier molecular flexibility index (Phi) is 4.61. The Balaban J connectivity index is 1.72. The fourth-order valence-electron chi connectivity index (χ4n) is 14.8. The first-order chi connectivity index (χ1) is 14.5. The Hall–Kier alpha value is 0. The normalized spacial score (nSPS) is 63.2. The molecule has 1 spiro atoms. The molecule has 0 amide bonds. The second-order valence-electron chi connectivity index (χ2n) is 16.1. The first-order valence-electron chi connectivity index (χ1n) is 14.5. The fraction of sp³-hybridized carbons (Fsp3) is 1.00. The van der Waals surface area contributed by atoms with Gasteiger partial charge < -0.3 is 0 Å². The summed E-state index contributed by atoms with van der Waals surface area (Å²) in [6.07, 6.45) is 1.34. The summed E-state index contributed by atoms with van der Waals surface area (Å²) in [6, 6.07) is 0. The Bertz CT molecular complexity index is 801. The topological polar surface area (TPSA) is 0 Å². The number of fused-ring (bicyclic) bond motifs is 3. The molecule has 5 fully saturated rings. The van der Waals surface area contributed by atoms with E-state index in [1.165, 1.54) is 6.42 Å². The van der Waals surface area contributed by atoms with Gasteiger partial charge in [-0.05, 0) is 98.1 Å². The molecular weight excluding hydrogens is 384 g/mol. The molecule has 0 radical (unpaired) electrons. The van der Waals surface area contributed by atoms with Crippen molar-refractivity contribution in [3.8, 4) is 0 Å². The van der Waals surface area contributed by atoms with Crippen molar-refractivity contribution in [3.63, 3.8) is 0 Å². The quantitative estimate of drug-likeness (QED) is 0.381. The SMILES string of the molecule is CC[C@@H]1C(C)(C)[C@@H](C)[C@H]2[C@@H](C)[C@]3(C)[C@H]4[C@@H](C)[C@@H]5[C@H]([C@@H](C)[C@H]4[C@@H](C)C23C1(C)C)[C@H](C)C5(C)C. The zero-order valence-electron chi connectivity index (χ0n) is 24.1. The minimum atomic E-state index is 0.403. The van der Waals surface area contributed by atoms with E-state index >= 15 is 0 Å². The molecule has 0 aromatic heterocycles. The first-order valence-corrected chi connectivity index (χ1v) is 14.5. The second kappa shape index (κ2) is 6.22. The summed E-state index contributed by atoms with van der Waals surface area (Å²) < 4.78 is 0. The molecule has 0 aliphatic heterocycles. The van der Waals surface area contributed by atoms with Gasteiger partial charge in [0.2, 0.25) is 0 Å². The van der Waals surface area contributed by atoms with Crippen LogP contribution < -0.4 is 0 Å². The maximum absolute atomic E-state index is 2.83. The van der Waals surface area contributed by atoms with Gasteiger partial charge in [-0.3, -0.25) is 0 Å². The molecule has 0 heteroatoms. The Morgan fingerprint density at radius 3 is 1.59 bits per heavy atom. The maximum atomic E-state index is 2.83. The summed E-state index contributed by atoms with van der Waals surface area (Å²) in [6.45, 7) is 37.4. The van der Waals surface area contributed by atoms with E-state index in [2.05, 4.69) is 96.9 Å². The molecule has 0 N–H and O–H groups in total. The van der Waals surface area contributed by atoms with E-state index in [1.54, 1.807) is 0 Å². The summed E-state index contributed by atoms with van der Waals surface area (Å²) in [5.41, 5.74) is 2.36. The van der Waals surface area contributed by atoms with E-state index in [9.17, 15) is 0 Å². The van der Waals surface area contributed by atoms with Crippen molar-refractivity contribution in [3.05, 3.63) is 0 Å². The summed E-state index contributed by atoms with van der Waals surface area (Å²) in [7, 11) is 0. The zero-order valence-corrected chi connectivity index (χ0v) is 24.1. The molecule has 5 saturated carbocycles. The highest BCUT2D eigenvalue weighted by molar-refractivity contribution is 5.34. The highest BCUT2D eigenvalue weighted by Gasteiger charge is 2.87. The van der Waals surface area contributed by atoms with Crippen LogP contribution in [-0.2, 0) is 0 Å². The molecule has 0 saturated heterocycles. The van der Waals surface area contributed by atoms with Gasteiger partial charge in [-0.15, -0.1) is 0 Å². The smallest absolute Gasteiger partial charge is 0.0122 e. The van der Waals surface area contributed by atoms with E-state index in [4.69, 9.17) is 0 Å². The Labute approximate surface area is 201 Å². The third kappa shape index (κ3) is 1.94. The van der Waals surface area contributed by atoms with E-state index in [0.29, 0.717) is 27.1 Å². The van der Waals surface area contributed by atoms with Gasteiger partial charge >= 0.3 is 0 Å². The third-order valence-electron chi connectivity index (χ3n) is 15.6. The average molecular weight is 441 g/mol. The van der Waals surface area contributed by atoms with Gasteiger partial charge in [0.15, 0.2) is 0 Å². The Morgan fingerprint density at radius 2 is 1.06 bits per heavy atom. The molecular formula is C32H56. The molecule has 184 valence electrons. The summed E-state index contributed by atoms with van der Waals surface area (Å²) in [4.78, 5) is 0. The van der Waals surface area contributed by atoms with E-state index in [1.807, 2.05) is 0 Å². The average Bonchev–Trinajstić information content (AvgIpc) is 2.86. The summed E-state index contributed by atoms with van der Waals surface area (Å²) >= 11 is 0. The fourth-order valence-corrected chi connectivity index (χ4v) is 14.8. The number of hydrogen-bond acceptors (Lipinski definition) is 0. The zero-order chi connectivity index (χ0) is 24.1. The lowest BCUT2D eigenvalue weighted by atomic mass is 9.22. The molecule has 0 aromatic rings. The molecule has 5 aliphatic carbocycles. The molecule has 5 rings (SSSR count). The van der Waals surface area contributed by atoms with E-state index in [0.717, 1.165) is 71.0 Å². The molecule has 1 unspecified atom stereocenters. The standard InChI is InChI=1S/C32H56/c1-15-22-28(8,9)20(6)27-21(7)31(14)26-17(3)25-23(18(4)29(25,10)11)16(2)24(26)19(5)32(27,31)30(22,12)13/h16-27H,15H2,1-14H3/t16-,17+,18+,19-,20+,21-,22-,23-,24+,25-,26+,27+,31-,32?/m1/s1. The van der Waals surface area contributed by atoms with Crippen LogP contribution in [0, 0.1) is 98.1 Å². The highest BCUT2D eigenvalue weighted by Crippen LogP contribution is 2.91. The summed E-state index contributed by atoms with van der Waals surface area (Å²) in [5.74, 6) is 10.6. The predicted molar refractivity (Wildman–Crippen MR) is 138 cm³/mol. The van der Waals surface area contributed by atoms with Crippen LogP contribution in [-0.4, -0.2) is 0 Å². The van der Waals surface area contributed by atoms with Crippen LogP contribution >= 0.6 is 0 Å². The van der Waals surface area contributed by atoms with Crippen LogP contribution in [0.2, 0.25) is 0 Å². The van der Waals surface area contributed by atoms with Gasteiger partial charge in [0.1, 0.15) is 0 Å².